The van der Waals surface area contributed by atoms with Crippen molar-refractivity contribution >= 4 is 62.1 Å². The van der Waals surface area contributed by atoms with Crippen molar-refractivity contribution in [2.24, 2.45) is 4.99 Å². The van der Waals surface area contributed by atoms with Gasteiger partial charge in [-0.15, -0.1) is 0 Å². The summed E-state index contributed by atoms with van der Waals surface area (Å²) in [4.78, 5) is 32.3. The number of aliphatic imine (C=N–C) groups is 1. The molecule has 0 fully saturated rings. The molecule has 0 aromatic heterocycles. The summed E-state index contributed by atoms with van der Waals surface area (Å²) in [5.74, 6) is -0.812. The fraction of sp³-hybridized carbons (Fsp3) is 0.192. The number of hydrogen-bond acceptors (Lipinski definition) is 5. The van der Waals surface area contributed by atoms with Gasteiger partial charge in [0.1, 0.15) is 0 Å². The van der Waals surface area contributed by atoms with Gasteiger partial charge in [-0.3, -0.25) is 14.3 Å². The van der Waals surface area contributed by atoms with Crippen LogP contribution in [0, 0.1) is 0 Å². The van der Waals surface area contributed by atoms with Crippen molar-refractivity contribution < 1.29 is 18.0 Å². The fourth-order valence-electron chi connectivity index (χ4n) is 3.97. The number of fused-ring (bicyclic) bond motifs is 1. The number of benzene rings is 3. The summed E-state index contributed by atoms with van der Waals surface area (Å²) in [6.07, 6.45) is 0.310. The minimum Gasteiger partial charge on any atom is -0.327 e. The van der Waals surface area contributed by atoms with Gasteiger partial charge in [0.15, 0.2) is 0 Å². The van der Waals surface area contributed by atoms with E-state index in [0.717, 1.165) is 11.8 Å². The van der Waals surface area contributed by atoms with E-state index in [1.54, 1.807) is 43.4 Å². The van der Waals surface area contributed by atoms with Crippen LogP contribution in [0.3, 0.4) is 0 Å². The number of nitrogens with zero attached hydrogens (tertiary/aromatic N) is 2. The number of sulfonamides is 1. The third kappa shape index (κ3) is 6.49. The highest BCUT2D eigenvalue weighted by atomic mass is 35.5. The number of aryl methyl sites for hydroxylation is 1. The quantitative estimate of drug-likeness (QED) is 0.451. The Morgan fingerprint density at radius 1 is 1.05 bits per heavy atom. The molecule has 2 N–H and O–H groups in total. The third-order valence-corrected chi connectivity index (χ3v) is 6.91. The van der Waals surface area contributed by atoms with Crippen molar-refractivity contribution in [3.8, 4) is 0 Å². The van der Waals surface area contributed by atoms with E-state index in [1.807, 2.05) is 30.3 Å². The van der Waals surface area contributed by atoms with Gasteiger partial charge < -0.3 is 10.2 Å². The second-order valence-electron chi connectivity index (χ2n) is 8.55. The molecule has 0 saturated heterocycles. The van der Waals surface area contributed by atoms with Crippen LogP contribution in [0.25, 0.3) is 0 Å². The molecule has 3 aromatic rings. The van der Waals surface area contributed by atoms with Crippen molar-refractivity contribution in [2.75, 3.05) is 22.9 Å². The molecule has 3 aromatic carbocycles. The predicted molar refractivity (Wildman–Crippen MR) is 147 cm³/mol. The molecule has 1 atom stereocenters. The normalized spacial score (nSPS) is 15.5. The van der Waals surface area contributed by atoms with E-state index in [0.29, 0.717) is 44.7 Å². The highest BCUT2D eigenvalue weighted by molar-refractivity contribution is 7.92. The maximum Gasteiger partial charge on any atom is 0.272 e. The molecule has 0 radical (unpaired) electrons. The lowest BCUT2D eigenvalue weighted by Crippen LogP contribution is -2.46. The number of nitrogens with one attached hydrogen (secondary N) is 2. The van der Waals surface area contributed by atoms with Crippen molar-refractivity contribution in [1.82, 2.24) is 5.32 Å². The zero-order chi connectivity index (χ0) is 26.7. The second kappa shape index (κ2) is 10.9. The Hall–Kier alpha value is -3.40. The summed E-state index contributed by atoms with van der Waals surface area (Å²) < 4.78 is 26.1. The van der Waals surface area contributed by atoms with Gasteiger partial charge in [0.25, 0.3) is 5.91 Å². The Labute approximate surface area is 225 Å². The van der Waals surface area contributed by atoms with Gasteiger partial charge in [-0.05, 0) is 42.3 Å². The van der Waals surface area contributed by atoms with Crippen LogP contribution in [-0.4, -0.2) is 45.4 Å². The van der Waals surface area contributed by atoms with Crippen LogP contribution in [-0.2, 0) is 26.0 Å². The number of hydrogen-bond donors (Lipinski definition) is 2. The van der Waals surface area contributed by atoms with E-state index in [4.69, 9.17) is 23.2 Å². The number of halogens is 2. The molecule has 37 heavy (non-hydrogen) atoms. The lowest BCUT2D eigenvalue weighted by atomic mass is 10.00. The number of carbonyl (C=O) groups is 2. The van der Waals surface area contributed by atoms with E-state index in [9.17, 15) is 18.0 Å². The molecule has 1 unspecified atom stereocenters. The molecule has 0 spiro atoms. The molecular weight excluding hydrogens is 535 g/mol. The number of rotatable bonds is 7. The van der Waals surface area contributed by atoms with E-state index < -0.39 is 22.1 Å². The first-order chi connectivity index (χ1) is 17.5. The average molecular weight is 559 g/mol. The van der Waals surface area contributed by atoms with Crippen molar-refractivity contribution in [1.29, 1.82) is 0 Å². The van der Waals surface area contributed by atoms with Crippen LogP contribution in [0.5, 0.6) is 0 Å². The molecule has 1 aliphatic heterocycles. The molecule has 11 heteroatoms. The molecular formula is C26H24Cl2N4O4S. The van der Waals surface area contributed by atoms with E-state index >= 15 is 0 Å². The van der Waals surface area contributed by atoms with Crippen molar-refractivity contribution in [3.63, 3.8) is 0 Å². The van der Waals surface area contributed by atoms with Gasteiger partial charge in [-0.1, -0.05) is 59.6 Å². The Morgan fingerprint density at radius 3 is 2.46 bits per heavy atom. The van der Waals surface area contributed by atoms with Crippen LogP contribution in [0.2, 0.25) is 10.0 Å². The molecule has 0 aliphatic carbocycles. The fourth-order valence-corrected chi connectivity index (χ4v) is 5.03. The number of anilines is 2. The molecule has 2 amide bonds. The monoisotopic (exact) mass is 558 g/mol. The zero-order valence-electron chi connectivity index (χ0n) is 20.0. The lowest BCUT2D eigenvalue weighted by molar-refractivity contribution is -0.127. The van der Waals surface area contributed by atoms with Crippen LogP contribution in [0.15, 0.2) is 71.7 Å². The van der Waals surface area contributed by atoms with Gasteiger partial charge in [-0.2, -0.15) is 0 Å². The molecule has 0 bridgehead atoms. The van der Waals surface area contributed by atoms with Crippen molar-refractivity contribution in [3.05, 3.63) is 93.5 Å². The largest absolute Gasteiger partial charge is 0.327 e. The smallest absolute Gasteiger partial charge is 0.272 e. The number of benzodiazepines with no additional fused rings is 1. The number of amides is 2. The van der Waals surface area contributed by atoms with Gasteiger partial charge >= 0.3 is 0 Å². The van der Waals surface area contributed by atoms with Crippen LogP contribution in [0.1, 0.15) is 23.1 Å². The second-order valence-corrected chi connectivity index (χ2v) is 11.1. The van der Waals surface area contributed by atoms with E-state index in [2.05, 4.69) is 15.0 Å². The Kier molecular flexibility index (Phi) is 7.87. The van der Waals surface area contributed by atoms with Gasteiger partial charge in [-0.25, -0.2) is 13.4 Å². The topological polar surface area (TPSA) is 108 Å². The first-order valence-electron chi connectivity index (χ1n) is 11.3. The first kappa shape index (κ1) is 26.7. The third-order valence-electron chi connectivity index (χ3n) is 5.72. The molecule has 1 aliphatic rings. The molecule has 8 nitrogen and oxygen atoms in total. The van der Waals surface area contributed by atoms with Gasteiger partial charge in [0, 0.05) is 40.3 Å². The Bertz CT molecular complexity index is 1490. The SMILES string of the molecule is CN1C(=O)C(NC(=O)CCc2ccc(Cl)cc2Cl)N=C(c2ccccc2)c2cc(NS(C)(=O)=O)ccc21. The molecule has 4 rings (SSSR count). The predicted octanol–water partition coefficient (Wildman–Crippen LogP) is 4.25. The minimum absolute atomic E-state index is 0.0837. The highest BCUT2D eigenvalue weighted by Crippen LogP contribution is 2.30. The average Bonchev–Trinajstić information content (AvgIpc) is 2.93. The highest BCUT2D eigenvalue weighted by Gasteiger charge is 2.31. The van der Waals surface area contributed by atoms with Crippen LogP contribution < -0.4 is 14.9 Å². The maximum atomic E-state index is 13.4. The lowest BCUT2D eigenvalue weighted by Gasteiger charge is -2.21. The number of carbonyl (C=O) groups excluding carboxylic acids is 2. The maximum absolute atomic E-state index is 13.4. The van der Waals surface area contributed by atoms with Crippen LogP contribution >= 0.6 is 23.2 Å². The Balaban J connectivity index is 1.67. The van der Waals surface area contributed by atoms with Gasteiger partial charge in [0.05, 0.1) is 17.7 Å². The summed E-state index contributed by atoms with van der Waals surface area (Å²) in [5, 5.41) is 3.69. The van der Waals surface area contributed by atoms with Gasteiger partial charge in [0.2, 0.25) is 22.1 Å². The standard InChI is InChI=1S/C26H24Cl2N4O4S/c1-32-22-12-11-19(31-37(2,35)36)15-20(22)24(17-6-4-3-5-7-17)30-25(26(32)34)29-23(33)13-9-16-8-10-18(27)14-21(16)28/h3-8,10-12,14-15,25,31H,9,13H2,1-2H3,(H,29,33). The summed E-state index contributed by atoms with van der Waals surface area (Å²) in [6, 6.07) is 19.1. The van der Waals surface area contributed by atoms with E-state index in [1.165, 1.54) is 4.90 Å². The molecule has 0 saturated carbocycles. The summed E-state index contributed by atoms with van der Waals surface area (Å²) in [7, 11) is -1.94. The first-order valence-corrected chi connectivity index (χ1v) is 13.9. The summed E-state index contributed by atoms with van der Waals surface area (Å²) in [5.41, 5.74) is 3.30. The van der Waals surface area contributed by atoms with Crippen molar-refractivity contribution in [2.45, 2.75) is 19.0 Å². The van der Waals surface area contributed by atoms with Crippen LogP contribution in [0.4, 0.5) is 11.4 Å². The Morgan fingerprint density at radius 2 is 1.78 bits per heavy atom. The molecule has 192 valence electrons. The van der Waals surface area contributed by atoms with E-state index in [-0.39, 0.29) is 12.3 Å². The summed E-state index contributed by atoms with van der Waals surface area (Å²) in [6.45, 7) is 0. The zero-order valence-corrected chi connectivity index (χ0v) is 22.4. The molecule has 1 heterocycles. The summed E-state index contributed by atoms with van der Waals surface area (Å²) >= 11 is 12.2. The number of likely N-dealkylation sites (N-methyl/N-ethyl adjacent to an activating group) is 1. The minimum atomic E-state index is -3.52.